The van der Waals surface area contributed by atoms with Gasteiger partial charge in [0.2, 0.25) is 0 Å². The van der Waals surface area contributed by atoms with Crippen LogP contribution < -0.4 is 0 Å². The Morgan fingerprint density at radius 1 is 1.03 bits per heavy atom. The molecule has 0 radical (unpaired) electrons. The third-order valence-corrected chi connectivity index (χ3v) is 7.39. The van der Waals surface area contributed by atoms with Crippen LogP contribution in [-0.4, -0.2) is 12.7 Å². The minimum Gasteiger partial charge on any atom is -0.378 e. The zero-order valence-electron chi connectivity index (χ0n) is 19.8. The van der Waals surface area contributed by atoms with Crippen molar-refractivity contribution in [2.24, 2.45) is 11.8 Å². The molecule has 0 aromatic heterocycles. The maximum atomic E-state index is 12.8. The molecule has 2 nitrogen and oxygen atoms in total. The van der Waals surface area contributed by atoms with Gasteiger partial charge >= 0.3 is 0 Å². The largest absolute Gasteiger partial charge is 0.378 e. The first-order valence-corrected chi connectivity index (χ1v) is 12.8. The lowest BCUT2D eigenvalue weighted by atomic mass is 9.81. The summed E-state index contributed by atoms with van der Waals surface area (Å²) in [6.45, 7) is 3.15. The Morgan fingerprint density at radius 3 is 2.41 bits per heavy atom. The summed E-state index contributed by atoms with van der Waals surface area (Å²) in [5.41, 5.74) is 2.99. The summed E-state index contributed by atoms with van der Waals surface area (Å²) in [7, 11) is 0. The second-order valence-corrected chi connectivity index (χ2v) is 9.80. The van der Waals surface area contributed by atoms with Crippen molar-refractivity contribution in [2.75, 3.05) is 6.61 Å². The molecule has 3 heteroatoms. The Balaban J connectivity index is 1.32. The molecule has 2 saturated carbocycles. The number of unbranched alkanes of at least 4 members (excludes halogenated alkanes) is 2. The van der Waals surface area contributed by atoms with Gasteiger partial charge in [-0.25, -0.2) is 0 Å². The average molecular weight is 438 g/mol. The first-order valence-electron chi connectivity index (χ1n) is 12.8. The van der Waals surface area contributed by atoms with Gasteiger partial charge in [0.15, 0.2) is 5.83 Å². The van der Waals surface area contributed by atoms with E-state index in [0.717, 1.165) is 19.4 Å². The Kier molecular flexibility index (Phi) is 10.5. The number of rotatable bonds is 10. The molecular weight excluding hydrogens is 397 g/mol. The lowest BCUT2D eigenvalue weighted by Crippen LogP contribution is -2.25. The van der Waals surface area contributed by atoms with Gasteiger partial charge in [-0.1, -0.05) is 56.2 Å². The fraction of sp³-hybridized carbons (Fsp3) is 0.621. The van der Waals surface area contributed by atoms with E-state index in [-0.39, 0.29) is 0 Å². The maximum Gasteiger partial charge on any atom is 0.199 e. The molecule has 2 fully saturated rings. The summed E-state index contributed by atoms with van der Waals surface area (Å²) < 4.78 is 19.2. The van der Waals surface area contributed by atoms with Crippen LogP contribution in [0.15, 0.2) is 48.3 Å². The predicted molar refractivity (Wildman–Crippen MR) is 130 cm³/mol. The van der Waals surface area contributed by atoms with Crippen molar-refractivity contribution in [3.8, 4) is 6.07 Å². The highest BCUT2D eigenvalue weighted by Crippen LogP contribution is 2.35. The topological polar surface area (TPSA) is 33.0 Å². The second kappa shape index (κ2) is 13.6. The van der Waals surface area contributed by atoms with Crippen molar-refractivity contribution >= 4 is 0 Å². The van der Waals surface area contributed by atoms with Gasteiger partial charge in [-0.15, -0.1) is 0 Å². The standard InChI is InChI=1S/C29H40FNO/c1-2-3-4-6-23-13-15-26(16-14-23)27-17-19-29(20-18-27)32-22-25-11-9-24(10-12-25)7-5-8-28(30)21-31/h5,7-8,13-16,24-25,27,29H,2-4,6,9-12,17-20,22H2,1H3/b7-5+,28-8-. The summed E-state index contributed by atoms with van der Waals surface area (Å²) in [5, 5.41) is 8.45. The summed E-state index contributed by atoms with van der Waals surface area (Å²) in [5.74, 6) is 1.13. The van der Waals surface area contributed by atoms with Gasteiger partial charge < -0.3 is 4.74 Å². The predicted octanol–water partition coefficient (Wildman–Crippen LogP) is 8.20. The summed E-state index contributed by atoms with van der Waals surface area (Å²) >= 11 is 0. The second-order valence-electron chi connectivity index (χ2n) is 9.80. The van der Waals surface area contributed by atoms with Crippen LogP contribution in [-0.2, 0) is 11.2 Å². The van der Waals surface area contributed by atoms with E-state index < -0.39 is 5.83 Å². The number of hydrogen-bond donors (Lipinski definition) is 0. The quantitative estimate of drug-likeness (QED) is 0.210. The van der Waals surface area contributed by atoms with E-state index in [1.165, 1.54) is 87.5 Å². The number of nitrogens with zero attached hydrogens (tertiary/aromatic N) is 1. The number of allylic oxidation sites excluding steroid dienone is 4. The fourth-order valence-corrected chi connectivity index (χ4v) is 5.25. The molecule has 0 atom stereocenters. The van der Waals surface area contributed by atoms with Crippen molar-refractivity contribution in [3.05, 3.63) is 59.4 Å². The zero-order chi connectivity index (χ0) is 22.6. The molecule has 2 aliphatic carbocycles. The molecule has 174 valence electrons. The first kappa shape index (κ1) is 24.7. The number of benzene rings is 1. The van der Waals surface area contributed by atoms with Gasteiger partial charge in [-0.3, -0.25) is 0 Å². The van der Waals surface area contributed by atoms with Crippen LogP contribution in [0.1, 0.15) is 94.6 Å². The van der Waals surface area contributed by atoms with Gasteiger partial charge in [0.05, 0.1) is 6.10 Å². The Bertz CT molecular complexity index is 759. The average Bonchev–Trinajstić information content (AvgIpc) is 2.84. The van der Waals surface area contributed by atoms with E-state index in [1.54, 1.807) is 6.08 Å². The smallest absolute Gasteiger partial charge is 0.199 e. The SMILES string of the molecule is CCCCCc1ccc(C2CCC(OCC3CCC(/C=C/C=C(\F)C#N)CC3)CC2)cc1. The molecule has 1 aromatic rings. The molecule has 0 unspecified atom stereocenters. The number of hydrogen-bond acceptors (Lipinski definition) is 2. The normalized spacial score (nSPS) is 26.8. The van der Waals surface area contributed by atoms with Crippen LogP contribution in [0, 0.1) is 23.2 Å². The van der Waals surface area contributed by atoms with Gasteiger partial charge in [0.1, 0.15) is 6.07 Å². The molecule has 1 aromatic carbocycles. The summed E-state index contributed by atoms with van der Waals surface area (Å²) in [6, 6.07) is 10.9. The number of nitriles is 1. The molecule has 0 bridgehead atoms. The third kappa shape index (κ3) is 8.21. The Morgan fingerprint density at radius 2 is 1.75 bits per heavy atom. The van der Waals surface area contributed by atoms with E-state index in [4.69, 9.17) is 10.00 Å². The van der Waals surface area contributed by atoms with Crippen molar-refractivity contribution in [1.29, 1.82) is 5.26 Å². The van der Waals surface area contributed by atoms with Crippen LogP contribution in [0.4, 0.5) is 4.39 Å². The molecule has 0 saturated heterocycles. The van der Waals surface area contributed by atoms with E-state index in [9.17, 15) is 4.39 Å². The van der Waals surface area contributed by atoms with Crippen LogP contribution in [0.3, 0.4) is 0 Å². The highest BCUT2D eigenvalue weighted by Gasteiger charge is 2.25. The molecule has 3 rings (SSSR count). The summed E-state index contributed by atoms with van der Waals surface area (Å²) in [4.78, 5) is 0. The van der Waals surface area contributed by atoms with E-state index >= 15 is 0 Å². The highest BCUT2D eigenvalue weighted by molar-refractivity contribution is 5.26. The molecule has 32 heavy (non-hydrogen) atoms. The molecule has 2 aliphatic rings. The van der Waals surface area contributed by atoms with Crippen LogP contribution in [0.5, 0.6) is 0 Å². The summed E-state index contributed by atoms with van der Waals surface area (Å²) in [6.07, 6.45) is 20.0. The third-order valence-electron chi connectivity index (χ3n) is 7.39. The van der Waals surface area contributed by atoms with Gasteiger partial charge in [-0.05, 0) is 99.2 Å². The Labute approximate surface area is 194 Å². The van der Waals surface area contributed by atoms with Gasteiger partial charge in [0.25, 0.3) is 0 Å². The number of ether oxygens (including phenoxy) is 1. The lowest BCUT2D eigenvalue weighted by Gasteiger charge is -2.32. The van der Waals surface area contributed by atoms with Crippen molar-refractivity contribution < 1.29 is 9.13 Å². The zero-order valence-corrected chi connectivity index (χ0v) is 19.8. The molecule has 0 aliphatic heterocycles. The lowest BCUT2D eigenvalue weighted by molar-refractivity contribution is -0.00337. The van der Waals surface area contributed by atoms with E-state index in [1.807, 2.05) is 6.08 Å². The molecular formula is C29H40FNO. The van der Waals surface area contributed by atoms with Gasteiger partial charge in [0, 0.05) is 6.61 Å². The van der Waals surface area contributed by atoms with E-state index in [0.29, 0.717) is 23.9 Å². The number of aryl methyl sites for hydroxylation is 1. The minimum absolute atomic E-state index is 0.427. The number of halogens is 1. The van der Waals surface area contributed by atoms with Gasteiger partial charge in [-0.2, -0.15) is 9.65 Å². The van der Waals surface area contributed by atoms with Crippen molar-refractivity contribution in [2.45, 2.75) is 96.0 Å². The molecule has 0 N–H and O–H groups in total. The fourth-order valence-electron chi connectivity index (χ4n) is 5.25. The van der Waals surface area contributed by atoms with Crippen molar-refractivity contribution in [3.63, 3.8) is 0 Å². The monoisotopic (exact) mass is 437 g/mol. The first-order chi connectivity index (χ1) is 15.7. The Hall–Kier alpha value is -1.92. The van der Waals surface area contributed by atoms with E-state index in [2.05, 4.69) is 31.2 Å². The molecule has 0 heterocycles. The molecule has 0 amide bonds. The minimum atomic E-state index is -0.725. The van der Waals surface area contributed by atoms with Crippen molar-refractivity contribution in [1.82, 2.24) is 0 Å². The van der Waals surface area contributed by atoms with Crippen LogP contribution >= 0.6 is 0 Å². The van der Waals surface area contributed by atoms with Crippen LogP contribution in [0.25, 0.3) is 0 Å². The maximum absolute atomic E-state index is 12.8. The highest BCUT2D eigenvalue weighted by atomic mass is 19.1. The molecule has 0 spiro atoms. The van der Waals surface area contributed by atoms with Crippen LogP contribution in [0.2, 0.25) is 0 Å².